The second-order valence-electron chi connectivity index (χ2n) is 4.75. The smallest absolute Gasteiger partial charge is 0.251 e. The van der Waals surface area contributed by atoms with Crippen molar-refractivity contribution in [1.29, 1.82) is 0 Å². The minimum absolute atomic E-state index is 0.00118. The molecule has 0 aromatic heterocycles. The molecule has 1 aliphatic carbocycles. The highest BCUT2D eigenvalue weighted by atomic mass is 16.2. The van der Waals surface area contributed by atoms with Gasteiger partial charge in [0.2, 0.25) is 5.91 Å². The van der Waals surface area contributed by atoms with Crippen LogP contribution in [0.15, 0.2) is 24.3 Å². The monoisotopic (exact) mass is 261 g/mol. The van der Waals surface area contributed by atoms with Crippen LogP contribution >= 0.6 is 0 Å². The largest absolute Gasteiger partial charge is 0.353 e. The molecule has 0 radical (unpaired) electrons. The summed E-state index contributed by atoms with van der Waals surface area (Å²) in [6.45, 7) is 0.819. The van der Waals surface area contributed by atoms with Gasteiger partial charge in [-0.3, -0.25) is 9.59 Å². The first-order valence-corrected chi connectivity index (χ1v) is 6.55. The maximum Gasteiger partial charge on any atom is 0.251 e. The van der Waals surface area contributed by atoms with Crippen molar-refractivity contribution in [1.82, 2.24) is 10.6 Å². The van der Waals surface area contributed by atoms with E-state index in [1.807, 2.05) is 12.1 Å². The van der Waals surface area contributed by atoms with Gasteiger partial charge in [0, 0.05) is 31.1 Å². The molecule has 0 saturated heterocycles. The quantitative estimate of drug-likeness (QED) is 0.699. The summed E-state index contributed by atoms with van der Waals surface area (Å²) < 4.78 is 0. The van der Waals surface area contributed by atoms with Gasteiger partial charge in [0.15, 0.2) is 0 Å². The number of carbonyl (C=O) groups excluding carboxylic acids is 2. The van der Waals surface area contributed by atoms with Crippen LogP contribution in [0.1, 0.15) is 35.2 Å². The Bertz CT molecular complexity index is 452. The molecule has 0 atom stereocenters. The predicted molar refractivity (Wildman–Crippen MR) is 72.4 cm³/mol. The fraction of sp³-hybridized carbons (Fsp3) is 0.429. The molecule has 0 aliphatic heterocycles. The van der Waals surface area contributed by atoms with Crippen LogP contribution in [0.25, 0.3) is 0 Å². The van der Waals surface area contributed by atoms with Crippen molar-refractivity contribution in [3.63, 3.8) is 0 Å². The number of hydrogen-bond acceptors (Lipinski definition) is 3. The molecule has 102 valence electrons. The van der Waals surface area contributed by atoms with Crippen LogP contribution in [0, 0.1) is 0 Å². The van der Waals surface area contributed by atoms with Gasteiger partial charge in [0.25, 0.3) is 5.91 Å². The van der Waals surface area contributed by atoms with Crippen molar-refractivity contribution in [2.45, 2.75) is 31.8 Å². The van der Waals surface area contributed by atoms with E-state index in [2.05, 4.69) is 10.6 Å². The molecule has 0 bridgehead atoms. The van der Waals surface area contributed by atoms with Crippen LogP contribution < -0.4 is 16.4 Å². The molecule has 0 heterocycles. The molecule has 1 fully saturated rings. The Morgan fingerprint density at radius 2 is 1.89 bits per heavy atom. The lowest BCUT2D eigenvalue weighted by Crippen LogP contribution is -2.31. The van der Waals surface area contributed by atoms with Gasteiger partial charge in [-0.15, -0.1) is 0 Å². The number of rotatable bonds is 6. The van der Waals surface area contributed by atoms with Gasteiger partial charge >= 0.3 is 0 Å². The minimum Gasteiger partial charge on any atom is -0.353 e. The Hall–Kier alpha value is -1.88. The molecule has 19 heavy (non-hydrogen) atoms. The van der Waals surface area contributed by atoms with E-state index >= 15 is 0 Å². The Balaban J connectivity index is 1.71. The number of benzene rings is 1. The maximum absolute atomic E-state index is 11.8. The lowest BCUT2D eigenvalue weighted by Gasteiger charge is -2.06. The Morgan fingerprint density at radius 3 is 2.47 bits per heavy atom. The van der Waals surface area contributed by atoms with E-state index in [0.29, 0.717) is 31.1 Å². The van der Waals surface area contributed by atoms with Gasteiger partial charge in [-0.05, 0) is 30.5 Å². The molecule has 5 heteroatoms. The van der Waals surface area contributed by atoms with Gasteiger partial charge in [0.05, 0.1) is 0 Å². The molecule has 4 N–H and O–H groups in total. The van der Waals surface area contributed by atoms with E-state index in [9.17, 15) is 9.59 Å². The number of nitrogens with one attached hydrogen (secondary N) is 2. The molecular formula is C14H19N3O2. The molecule has 1 aromatic carbocycles. The number of nitrogens with two attached hydrogens (primary N) is 1. The van der Waals surface area contributed by atoms with E-state index in [1.54, 1.807) is 12.1 Å². The molecule has 0 spiro atoms. The third kappa shape index (κ3) is 4.37. The highest BCUT2D eigenvalue weighted by molar-refractivity contribution is 5.94. The second-order valence-corrected chi connectivity index (χ2v) is 4.75. The van der Waals surface area contributed by atoms with Crippen LogP contribution in [0.5, 0.6) is 0 Å². The number of carbonyl (C=O) groups is 2. The van der Waals surface area contributed by atoms with Crippen LogP contribution in [-0.2, 0) is 11.3 Å². The lowest BCUT2D eigenvalue weighted by molar-refractivity contribution is -0.121. The van der Waals surface area contributed by atoms with Crippen molar-refractivity contribution < 1.29 is 9.59 Å². The van der Waals surface area contributed by atoms with Crippen molar-refractivity contribution in [2.24, 2.45) is 5.73 Å². The first-order chi connectivity index (χ1) is 9.19. The Labute approximate surface area is 112 Å². The third-order valence-corrected chi connectivity index (χ3v) is 3.03. The summed E-state index contributed by atoms with van der Waals surface area (Å²) >= 11 is 0. The number of amides is 2. The molecule has 1 saturated carbocycles. The molecule has 1 aromatic rings. The zero-order chi connectivity index (χ0) is 13.7. The summed E-state index contributed by atoms with van der Waals surface area (Å²) in [5.41, 5.74) is 7.06. The van der Waals surface area contributed by atoms with Gasteiger partial charge < -0.3 is 16.4 Å². The molecule has 2 amide bonds. The molecular weight excluding hydrogens is 242 g/mol. The van der Waals surface area contributed by atoms with Gasteiger partial charge in [-0.25, -0.2) is 0 Å². The summed E-state index contributed by atoms with van der Waals surface area (Å²) in [5.74, 6) is -0.163. The highest BCUT2D eigenvalue weighted by Gasteiger charge is 2.22. The zero-order valence-electron chi connectivity index (χ0n) is 10.8. The lowest BCUT2D eigenvalue weighted by atomic mass is 10.1. The average molecular weight is 261 g/mol. The summed E-state index contributed by atoms with van der Waals surface area (Å²) in [4.78, 5) is 23.2. The third-order valence-electron chi connectivity index (χ3n) is 3.03. The molecule has 0 unspecified atom stereocenters. The summed E-state index contributed by atoms with van der Waals surface area (Å²) in [7, 11) is 0. The fourth-order valence-corrected chi connectivity index (χ4v) is 1.71. The van der Waals surface area contributed by atoms with E-state index < -0.39 is 0 Å². The highest BCUT2D eigenvalue weighted by Crippen LogP contribution is 2.18. The minimum atomic E-state index is -0.164. The van der Waals surface area contributed by atoms with E-state index in [0.717, 1.165) is 18.4 Å². The summed E-state index contributed by atoms with van der Waals surface area (Å²) in [5, 5.41) is 5.61. The van der Waals surface area contributed by atoms with E-state index in [-0.39, 0.29) is 11.8 Å². The average Bonchev–Trinajstić information content (AvgIpc) is 3.22. The van der Waals surface area contributed by atoms with Crippen LogP contribution in [-0.4, -0.2) is 24.4 Å². The second kappa shape index (κ2) is 6.33. The van der Waals surface area contributed by atoms with Crippen LogP contribution in [0.2, 0.25) is 0 Å². The molecule has 1 aliphatic rings. The SMILES string of the molecule is NCc1ccc(C(=O)NCCC(=O)NC2CC2)cc1. The Morgan fingerprint density at radius 1 is 1.21 bits per heavy atom. The van der Waals surface area contributed by atoms with Crippen LogP contribution in [0.4, 0.5) is 0 Å². The van der Waals surface area contributed by atoms with Crippen molar-refractivity contribution in [3.8, 4) is 0 Å². The predicted octanol–water partition coefficient (Wildman–Crippen LogP) is 0.544. The first kappa shape index (κ1) is 13.5. The van der Waals surface area contributed by atoms with Gasteiger partial charge in [-0.1, -0.05) is 12.1 Å². The normalized spacial score (nSPS) is 13.9. The molecule has 2 rings (SSSR count). The first-order valence-electron chi connectivity index (χ1n) is 6.55. The fourth-order valence-electron chi connectivity index (χ4n) is 1.71. The summed E-state index contributed by atoms with van der Waals surface area (Å²) in [6.07, 6.45) is 2.47. The summed E-state index contributed by atoms with van der Waals surface area (Å²) in [6, 6.07) is 7.50. The maximum atomic E-state index is 11.8. The van der Waals surface area contributed by atoms with Crippen molar-refractivity contribution >= 4 is 11.8 Å². The van der Waals surface area contributed by atoms with Crippen molar-refractivity contribution in [2.75, 3.05) is 6.54 Å². The molecule has 5 nitrogen and oxygen atoms in total. The van der Waals surface area contributed by atoms with E-state index in [1.165, 1.54) is 0 Å². The zero-order valence-corrected chi connectivity index (χ0v) is 10.8. The van der Waals surface area contributed by atoms with Crippen molar-refractivity contribution in [3.05, 3.63) is 35.4 Å². The van der Waals surface area contributed by atoms with E-state index in [4.69, 9.17) is 5.73 Å². The van der Waals surface area contributed by atoms with Gasteiger partial charge in [-0.2, -0.15) is 0 Å². The Kier molecular flexibility index (Phi) is 4.52. The van der Waals surface area contributed by atoms with Gasteiger partial charge in [0.1, 0.15) is 0 Å². The van der Waals surface area contributed by atoms with Crippen LogP contribution in [0.3, 0.4) is 0 Å². The number of hydrogen-bond donors (Lipinski definition) is 3. The standard InChI is InChI=1S/C14H19N3O2/c15-9-10-1-3-11(4-2-10)14(19)16-8-7-13(18)17-12-5-6-12/h1-4,12H,5-9,15H2,(H,16,19)(H,17,18). The topological polar surface area (TPSA) is 84.2 Å².